The second-order valence-corrected chi connectivity index (χ2v) is 12.9. The van der Waals surface area contributed by atoms with Crippen molar-refractivity contribution in [1.82, 2.24) is 49.1 Å². The molecular weight excluding hydrogens is 648 g/mol. The number of carbonyl (C=O) groups excluding carboxylic acids is 4. The number of carbonyl (C=O) groups is 4. The maximum atomic E-state index is 13.6. The monoisotopic (exact) mass is 682 g/mol. The number of benzene rings is 4. The van der Waals surface area contributed by atoms with Crippen LogP contribution in [0.3, 0.4) is 0 Å². The van der Waals surface area contributed by atoms with E-state index in [0.717, 1.165) is 41.7 Å². The third-order valence-electron chi connectivity index (χ3n) is 9.82. The number of imide groups is 2. The predicted octanol–water partition coefficient (Wildman–Crippen LogP) is 3.30. The van der Waals surface area contributed by atoms with Crippen LogP contribution in [0, 0.1) is 0 Å². The summed E-state index contributed by atoms with van der Waals surface area (Å²) in [6.07, 6.45) is 7.17. The molecular formula is C37H34N10O4. The van der Waals surface area contributed by atoms with Gasteiger partial charge < -0.3 is 9.80 Å². The second-order valence-electron chi connectivity index (χ2n) is 12.9. The van der Waals surface area contributed by atoms with E-state index in [1.165, 1.54) is 9.80 Å². The minimum absolute atomic E-state index is 0.265. The molecule has 6 aromatic rings. The third-order valence-corrected chi connectivity index (χ3v) is 9.82. The first kappa shape index (κ1) is 32.1. The highest BCUT2D eigenvalue weighted by Gasteiger charge is 2.35. The Morgan fingerprint density at radius 3 is 1.25 bits per heavy atom. The Balaban J connectivity index is 0.850. The van der Waals surface area contributed by atoms with Crippen LogP contribution in [-0.2, 0) is 0 Å². The van der Waals surface area contributed by atoms with E-state index < -0.39 is 0 Å². The molecule has 8 rings (SSSR count). The zero-order valence-corrected chi connectivity index (χ0v) is 28.1. The Labute approximate surface area is 292 Å². The summed E-state index contributed by atoms with van der Waals surface area (Å²) >= 11 is 0. The van der Waals surface area contributed by atoms with E-state index in [2.05, 4.69) is 30.2 Å². The van der Waals surface area contributed by atoms with Crippen LogP contribution in [0.15, 0.2) is 86.0 Å². The standard InChI is InChI=1S/C37H34N10O4/c1-42(16-18-46-34(48)26-8-3-6-24-30(44-20-38-39-21-44)12-10-28(32(24)26)36(46)50)14-5-15-43(2)17-19-47-35(49)27-9-4-7-25-31(45-22-40-41-23-45)13-11-29(33(25)27)37(47)51/h3-4,6-13,20-23H,5,14-19H2,1-2H3. The normalized spacial score (nSPS) is 14.3. The first-order chi connectivity index (χ1) is 24.8. The smallest absolute Gasteiger partial charge is 0.261 e. The lowest BCUT2D eigenvalue weighted by molar-refractivity contribution is 0.0585. The lowest BCUT2D eigenvalue weighted by Gasteiger charge is -2.30. The van der Waals surface area contributed by atoms with Gasteiger partial charge in [0.25, 0.3) is 23.6 Å². The van der Waals surface area contributed by atoms with Crippen LogP contribution < -0.4 is 0 Å². The highest BCUT2D eigenvalue weighted by atomic mass is 16.2. The van der Waals surface area contributed by atoms with E-state index in [1.807, 2.05) is 50.5 Å². The minimum Gasteiger partial charge on any atom is -0.305 e. The Morgan fingerprint density at radius 2 is 0.863 bits per heavy atom. The summed E-state index contributed by atoms with van der Waals surface area (Å²) in [6.45, 7) is 3.04. The molecule has 4 amide bonds. The fourth-order valence-corrected chi connectivity index (χ4v) is 7.14. The summed E-state index contributed by atoms with van der Waals surface area (Å²) < 4.78 is 3.53. The zero-order valence-electron chi connectivity index (χ0n) is 28.1. The van der Waals surface area contributed by atoms with E-state index in [0.29, 0.717) is 46.1 Å². The molecule has 2 aliphatic rings. The van der Waals surface area contributed by atoms with E-state index in [9.17, 15) is 19.2 Å². The predicted molar refractivity (Wildman–Crippen MR) is 188 cm³/mol. The second kappa shape index (κ2) is 13.0. The van der Waals surface area contributed by atoms with Crippen LogP contribution >= 0.6 is 0 Å². The van der Waals surface area contributed by atoms with Gasteiger partial charge in [0.05, 0.1) is 11.4 Å². The molecule has 0 unspecified atom stereocenters. The van der Waals surface area contributed by atoms with Gasteiger partial charge in [-0.25, -0.2) is 0 Å². The number of amides is 4. The molecule has 2 aliphatic heterocycles. The fraction of sp³-hybridized carbons (Fsp3) is 0.243. The molecule has 0 bridgehead atoms. The van der Waals surface area contributed by atoms with Crippen LogP contribution in [-0.4, -0.2) is 126 Å². The van der Waals surface area contributed by atoms with E-state index >= 15 is 0 Å². The molecule has 0 aliphatic carbocycles. The van der Waals surface area contributed by atoms with Crippen molar-refractivity contribution >= 4 is 45.2 Å². The average Bonchev–Trinajstić information content (AvgIpc) is 3.88. The Morgan fingerprint density at radius 1 is 0.490 bits per heavy atom. The van der Waals surface area contributed by atoms with Gasteiger partial charge in [0, 0.05) is 70.0 Å². The van der Waals surface area contributed by atoms with Gasteiger partial charge in [-0.15, -0.1) is 20.4 Å². The number of hydrogen-bond acceptors (Lipinski definition) is 10. The largest absolute Gasteiger partial charge is 0.305 e. The molecule has 14 heteroatoms. The van der Waals surface area contributed by atoms with Crippen LogP contribution in [0.1, 0.15) is 47.9 Å². The van der Waals surface area contributed by atoms with Crippen molar-refractivity contribution in [3.05, 3.63) is 108 Å². The summed E-state index contributed by atoms with van der Waals surface area (Å²) in [5, 5.41) is 18.4. The molecule has 0 saturated heterocycles. The topological polar surface area (TPSA) is 143 Å². The number of likely N-dealkylation sites (N-methyl/N-ethyl adjacent to an activating group) is 2. The van der Waals surface area contributed by atoms with Gasteiger partial charge in [0.2, 0.25) is 0 Å². The summed E-state index contributed by atoms with van der Waals surface area (Å²) in [5.41, 5.74) is 3.62. The summed E-state index contributed by atoms with van der Waals surface area (Å²) in [7, 11) is 3.94. The first-order valence-corrected chi connectivity index (χ1v) is 16.7. The summed E-state index contributed by atoms with van der Waals surface area (Å²) in [4.78, 5) is 61.1. The van der Waals surface area contributed by atoms with Crippen molar-refractivity contribution in [1.29, 1.82) is 0 Å². The summed E-state index contributed by atoms with van der Waals surface area (Å²) in [6, 6.07) is 18.2. The highest BCUT2D eigenvalue weighted by molar-refractivity contribution is 6.27. The Bertz CT molecular complexity index is 2130. The Kier molecular flexibility index (Phi) is 8.16. The maximum absolute atomic E-state index is 13.6. The average molecular weight is 683 g/mol. The fourth-order valence-electron chi connectivity index (χ4n) is 7.14. The number of nitrogens with zero attached hydrogens (tertiary/aromatic N) is 10. The first-order valence-electron chi connectivity index (χ1n) is 16.7. The van der Waals surface area contributed by atoms with Gasteiger partial charge >= 0.3 is 0 Å². The van der Waals surface area contributed by atoms with Crippen LogP contribution in [0.4, 0.5) is 0 Å². The van der Waals surface area contributed by atoms with Crippen molar-refractivity contribution < 1.29 is 19.2 Å². The highest BCUT2D eigenvalue weighted by Crippen LogP contribution is 2.35. The molecule has 0 N–H and O–H groups in total. The van der Waals surface area contributed by atoms with Crippen LogP contribution in [0.25, 0.3) is 32.9 Å². The van der Waals surface area contributed by atoms with E-state index in [1.54, 1.807) is 58.7 Å². The molecule has 0 fully saturated rings. The van der Waals surface area contributed by atoms with Crippen molar-refractivity contribution in [2.75, 3.05) is 53.4 Å². The molecule has 14 nitrogen and oxygen atoms in total. The van der Waals surface area contributed by atoms with Gasteiger partial charge in [-0.2, -0.15) is 0 Å². The van der Waals surface area contributed by atoms with Gasteiger partial charge in [0.15, 0.2) is 0 Å². The Hall–Kier alpha value is -6.12. The molecule has 4 heterocycles. The van der Waals surface area contributed by atoms with Crippen molar-refractivity contribution in [2.45, 2.75) is 6.42 Å². The van der Waals surface area contributed by atoms with Crippen LogP contribution in [0.2, 0.25) is 0 Å². The molecule has 51 heavy (non-hydrogen) atoms. The molecule has 0 saturated carbocycles. The lowest BCUT2D eigenvalue weighted by Crippen LogP contribution is -2.45. The molecule has 256 valence electrons. The van der Waals surface area contributed by atoms with Crippen LogP contribution in [0.5, 0.6) is 0 Å². The third kappa shape index (κ3) is 5.54. The molecule has 0 spiro atoms. The number of aromatic nitrogens is 6. The maximum Gasteiger partial charge on any atom is 0.261 e. The van der Waals surface area contributed by atoms with Crippen molar-refractivity contribution in [3.8, 4) is 11.4 Å². The van der Waals surface area contributed by atoms with Gasteiger partial charge in [0.1, 0.15) is 25.3 Å². The molecule has 0 radical (unpaired) electrons. The minimum atomic E-state index is -0.302. The van der Waals surface area contributed by atoms with Gasteiger partial charge in [-0.1, -0.05) is 24.3 Å². The number of rotatable bonds is 12. The van der Waals surface area contributed by atoms with Gasteiger partial charge in [-0.05, 0) is 70.0 Å². The zero-order chi connectivity index (χ0) is 35.2. The lowest BCUT2D eigenvalue weighted by atomic mass is 9.93. The number of hydrogen-bond donors (Lipinski definition) is 0. The quantitative estimate of drug-likeness (QED) is 0.177. The summed E-state index contributed by atoms with van der Waals surface area (Å²) in [5.74, 6) is -1.21. The van der Waals surface area contributed by atoms with E-state index in [-0.39, 0.29) is 36.7 Å². The van der Waals surface area contributed by atoms with Crippen molar-refractivity contribution in [2.24, 2.45) is 0 Å². The SMILES string of the molecule is CN(CCCN(C)CCN1C(=O)c2cccc3c(-n4cnnc4)ccc(c23)C1=O)CCN1C(=O)c2cccc3c(-n4cnnc4)ccc(c23)C1=O. The molecule has 4 aromatic carbocycles. The van der Waals surface area contributed by atoms with E-state index in [4.69, 9.17) is 0 Å². The molecule has 0 atom stereocenters. The molecule has 2 aromatic heterocycles. The van der Waals surface area contributed by atoms with Gasteiger partial charge in [-0.3, -0.25) is 38.1 Å². The van der Waals surface area contributed by atoms with Crippen molar-refractivity contribution in [3.63, 3.8) is 0 Å².